The summed E-state index contributed by atoms with van der Waals surface area (Å²) in [5.41, 5.74) is 1.96. The number of piperidine rings is 1. The van der Waals surface area contributed by atoms with Gasteiger partial charge in [0, 0.05) is 37.3 Å². The summed E-state index contributed by atoms with van der Waals surface area (Å²) in [6.45, 7) is 12.6. The van der Waals surface area contributed by atoms with Gasteiger partial charge in [0.05, 0.1) is 13.2 Å². The molecule has 0 atom stereocenters. The van der Waals surface area contributed by atoms with Crippen molar-refractivity contribution in [3.63, 3.8) is 0 Å². The summed E-state index contributed by atoms with van der Waals surface area (Å²) < 4.78 is 37.1. The Kier molecular flexibility index (Phi) is 9.16. The number of aromatic nitrogens is 1. The fraction of sp³-hybridized carbons (Fsp3) is 0.517. The lowest BCUT2D eigenvalue weighted by Crippen LogP contribution is -2.43. The lowest BCUT2D eigenvalue weighted by Gasteiger charge is -2.32. The SMILES string of the molecule is CCOc1cc(CN2CCC(Nc3nc4cc(OCC(=O)NC(C)(C)C)ccc4o3)CC2)cc(OCC)c1F. The first-order valence-corrected chi connectivity index (χ1v) is 13.5. The molecule has 4 rings (SSSR count). The quantitative estimate of drug-likeness (QED) is 0.344. The Morgan fingerprint density at radius 3 is 2.36 bits per heavy atom. The molecule has 0 bridgehead atoms. The van der Waals surface area contributed by atoms with Crippen molar-refractivity contribution in [1.82, 2.24) is 15.2 Å². The van der Waals surface area contributed by atoms with Crippen LogP contribution in [0, 0.1) is 5.82 Å². The van der Waals surface area contributed by atoms with Crippen molar-refractivity contribution >= 4 is 23.0 Å². The van der Waals surface area contributed by atoms with E-state index in [0.29, 0.717) is 42.6 Å². The molecule has 1 saturated heterocycles. The number of likely N-dealkylation sites (tertiary alicyclic amines) is 1. The second-order valence-electron chi connectivity index (χ2n) is 10.7. The number of nitrogens with one attached hydrogen (secondary N) is 2. The number of rotatable bonds is 11. The molecule has 1 aromatic heterocycles. The highest BCUT2D eigenvalue weighted by Gasteiger charge is 2.22. The zero-order valence-corrected chi connectivity index (χ0v) is 23.4. The number of carbonyl (C=O) groups is 1. The van der Waals surface area contributed by atoms with Crippen LogP contribution in [-0.4, -0.2) is 60.3 Å². The van der Waals surface area contributed by atoms with E-state index in [1.807, 2.05) is 34.6 Å². The summed E-state index contributed by atoms with van der Waals surface area (Å²) >= 11 is 0. The van der Waals surface area contributed by atoms with Crippen LogP contribution in [0.3, 0.4) is 0 Å². The zero-order chi connectivity index (χ0) is 28.0. The number of fused-ring (bicyclic) bond motifs is 1. The van der Waals surface area contributed by atoms with Gasteiger partial charge in [-0.3, -0.25) is 9.69 Å². The molecule has 39 heavy (non-hydrogen) atoms. The molecule has 9 nitrogen and oxygen atoms in total. The summed E-state index contributed by atoms with van der Waals surface area (Å²) in [5.74, 6) is 0.384. The smallest absolute Gasteiger partial charge is 0.295 e. The average molecular weight is 543 g/mol. The van der Waals surface area contributed by atoms with Gasteiger partial charge in [-0.05, 0) is 77.3 Å². The van der Waals surface area contributed by atoms with Crippen LogP contribution >= 0.6 is 0 Å². The minimum Gasteiger partial charge on any atom is -0.491 e. The van der Waals surface area contributed by atoms with Gasteiger partial charge in [-0.1, -0.05) is 0 Å². The van der Waals surface area contributed by atoms with E-state index < -0.39 is 5.82 Å². The number of nitrogens with zero attached hydrogens (tertiary/aromatic N) is 2. The van der Waals surface area contributed by atoms with Crippen LogP contribution in [0.15, 0.2) is 34.7 Å². The minimum atomic E-state index is -0.451. The van der Waals surface area contributed by atoms with Crippen LogP contribution in [0.25, 0.3) is 11.1 Å². The molecule has 2 aromatic carbocycles. The van der Waals surface area contributed by atoms with E-state index in [2.05, 4.69) is 20.5 Å². The van der Waals surface area contributed by atoms with Crippen molar-refractivity contribution in [2.24, 2.45) is 0 Å². The highest BCUT2D eigenvalue weighted by atomic mass is 19.1. The van der Waals surface area contributed by atoms with E-state index in [4.69, 9.17) is 18.6 Å². The molecule has 3 aromatic rings. The maximum atomic E-state index is 14.6. The fourth-order valence-corrected chi connectivity index (χ4v) is 4.57. The molecule has 1 fully saturated rings. The minimum absolute atomic E-state index is 0.0673. The Hall–Kier alpha value is -3.53. The summed E-state index contributed by atoms with van der Waals surface area (Å²) in [5, 5.41) is 6.28. The van der Waals surface area contributed by atoms with Gasteiger partial charge in [0.15, 0.2) is 23.7 Å². The first kappa shape index (κ1) is 28.5. The molecule has 0 aliphatic carbocycles. The number of amides is 1. The number of oxazole rings is 1. The summed E-state index contributed by atoms with van der Waals surface area (Å²) in [4.78, 5) is 18.9. The molecule has 1 aliphatic heterocycles. The molecule has 1 aliphatic rings. The molecular weight excluding hydrogens is 503 g/mol. The topological polar surface area (TPSA) is 98.1 Å². The van der Waals surface area contributed by atoms with Gasteiger partial charge >= 0.3 is 0 Å². The van der Waals surface area contributed by atoms with Gasteiger partial charge in [0.2, 0.25) is 5.82 Å². The normalized spacial score (nSPS) is 14.8. The molecule has 2 N–H and O–H groups in total. The van der Waals surface area contributed by atoms with Gasteiger partial charge < -0.3 is 29.3 Å². The second-order valence-corrected chi connectivity index (χ2v) is 10.7. The number of hydrogen-bond acceptors (Lipinski definition) is 8. The summed E-state index contributed by atoms with van der Waals surface area (Å²) in [6, 6.07) is 9.54. The van der Waals surface area contributed by atoms with E-state index in [0.717, 1.165) is 31.5 Å². The van der Waals surface area contributed by atoms with Crippen LogP contribution < -0.4 is 24.8 Å². The summed E-state index contributed by atoms with van der Waals surface area (Å²) in [6.07, 6.45) is 1.82. The van der Waals surface area contributed by atoms with Crippen LogP contribution in [0.5, 0.6) is 17.2 Å². The molecule has 0 unspecified atom stereocenters. The maximum Gasteiger partial charge on any atom is 0.295 e. The number of ether oxygens (including phenoxy) is 3. The number of carbonyl (C=O) groups excluding carboxylic acids is 1. The number of halogens is 1. The highest BCUT2D eigenvalue weighted by molar-refractivity contribution is 5.79. The van der Waals surface area contributed by atoms with Gasteiger partial charge in [-0.25, -0.2) is 0 Å². The third-order valence-corrected chi connectivity index (χ3v) is 6.23. The molecule has 0 saturated carbocycles. The standard InChI is InChI=1S/C29H39FN4O5/c1-6-36-24-14-19(15-25(27(24)30)37-7-2)17-34-12-10-20(11-13-34)31-28-32-22-16-21(8-9-23(22)39-28)38-18-26(35)33-29(3,4)5/h8-9,14-16,20H,6-7,10-13,17-18H2,1-5H3,(H,31,32)(H,33,35). The van der Waals surface area contributed by atoms with Crippen molar-refractivity contribution < 1.29 is 27.8 Å². The van der Waals surface area contributed by atoms with Crippen LogP contribution in [-0.2, 0) is 11.3 Å². The fourth-order valence-electron chi connectivity index (χ4n) is 4.57. The first-order chi connectivity index (χ1) is 18.6. The van der Waals surface area contributed by atoms with Crippen LogP contribution in [0.4, 0.5) is 10.4 Å². The Morgan fingerprint density at radius 1 is 1.08 bits per heavy atom. The van der Waals surface area contributed by atoms with Crippen LogP contribution in [0.2, 0.25) is 0 Å². The van der Waals surface area contributed by atoms with Crippen molar-refractivity contribution in [2.75, 3.05) is 38.2 Å². The van der Waals surface area contributed by atoms with Crippen molar-refractivity contribution in [2.45, 2.75) is 65.6 Å². The van der Waals surface area contributed by atoms with Crippen LogP contribution in [0.1, 0.15) is 53.0 Å². The molecule has 0 spiro atoms. The Balaban J connectivity index is 1.30. The van der Waals surface area contributed by atoms with Gasteiger partial charge in [-0.2, -0.15) is 9.37 Å². The third-order valence-electron chi connectivity index (χ3n) is 6.23. The lowest BCUT2D eigenvalue weighted by molar-refractivity contribution is -0.124. The highest BCUT2D eigenvalue weighted by Crippen LogP contribution is 2.31. The zero-order valence-electron chi connectivity index (χ0n) is 23.4. The molecular formula is C29H39FN4O5. The van der Waals surface area contributed by atoms with E-state index in [-0.39, 0.29) is 35.6 Å². The maximum absolute atomic E-state index is 14.6. The largest absolute Gasteiger partial charge is 0.491 e. The van der Waals surface area contributed by atoms with E-state index in [1.165, 1.54) is 0 Å². The summed E-state index contributed by atoms with van der Waals surface area (Å²) in [7, 11) is 0. The van der Waals surface area contributed by atoms with Gasteiger partial charge in [0.1, 0.15) is 11.3 Å². The lowest BCUT2D eigenvalue weighted by atomic mass is 10.0. The van der Waals surface area contributed by atoms with Crippen molar-refractivity contribution in [3.05, 3.63) is 41.7 Å². The Morgan fingerprint density at radius 2 is 1.74 bits per heavy atom. The molecule has 0 radical (unpaired) electrons. The van der Waals surface area contributed by atoms with Crippen molar-refractivity contribution in [3.8, 4) is 17.2 Å². The van der Waals surface area contributed by atoms with E-state index >= 15 is 0 Å². The number of anilines is 1. The molecule has 2 heterocycles. The van der Waals surface area contributed by atoms with Crippen molar-refractivity contribution in [1.29, 1.82) is 0 Å². The Labute approximate surface area is 229 Å². The average Bonchev–Trinajstić information content (AvgIpc) is 3.27. The Bertz CT molecular complexity index is 1240. The number of benzene rings is 2. The molecule has 212 valence electrons. The molecule has 10 heteroatoms. The van der Waals surface area contributed by atoms with E-state index in [9.17, 15) is 9.18 Å². The van der Waals surface area contributed by atoms with Gasteiger partial charge in [-0.15, -0.1) is 0 Å². The monoisotopic (exact) mass is 542 g/mol. The third kappa shape index (κ3) is 7.98. The second kappa shape index (κ2) is 12.5. The van der Waals surface area contributed by atoms with E-state index in [1.54, 1.807) is 30.3 Å². The predicted molar refractivity (Wildman–Crippen MR) is 148 cm³/mol. The van der Waals surface area contributed by atoms with Gasteiger partial charge in [0.25, 0.3) is 11.9 Å². The number of hydrogen-bond donors (Lipinski definition) is 2. The molecule has 1 amide bonds. The predicted octanol–water partition coefficient (Wildman–Crippen LogP) is 5.13. The first-order valence-electron chi connectivity index (χ1n) is 13.5.